The number of rotatable bonds is 6. The normalized spacial score (nSPS) is 12.3. The number of carbonyl (C=O) groups excluding carboxylic acids is 1. The first-order valence-corrected chi connectivity index (χ1v) is 6.70. The lowest BCUT2D eigenvalue weighted by Gasteiger charge is -2.16. The van der Waals surface area contributed by atoms with Gasteiger partial charge in [-0.3, -0.25) is 4.79 Å². The van der Waals surface area contributed by atoms with E-state index < -0.39 is 0 Å². The Bertz CT molecular complexity index is 421. The number of ether oxygens (including phenoxy) is 1. The number of aryl methyl sites for hydroxylation is 2. The Morgan fingerprint density at radius 3 is 2.56 bits per heavy atom. The van der Waals surface area contributed by atoms with E-state index >= 15 is 0 Å². The van der Waals surface area contributed by atoms with Crippen molar-refractivity contribution in [3.63, 3.8) is 0 Å². The number of Topliss-reactive ketones (excluding diaryl/α,β-unsaturated/α-hetero) is 1. The molecule has 0 bridgehead atoms. The van der Waals surface area contributed by atoms with E-state index in [0.29, 0.717) is 5.75 Å². The van der Waals surface area contributed by atoms with Crippen LogP contribution in [0.25, 0.3) is 0 Å². The van der Waals surface area contributed by atoms with Gasteiger partial charge in [0.05, 0.1) is 12.7 Å². The number of methoxy groups -OCH3 is 1. The molecular formula is C16H24O2. The largest absolute Gasteiger partial charge is 0.496 e. The molecule has 1 aromatic carbocycles. The summed E-state index contributed by atoms with van der Waals surface area (Å²) in [7, 11) is 1.63. The quantitative estimate of drug-likeness (QED) is 0.701. The molecule has 0 amide bonds. The van der Waals surface area contributed by atoms with Crippen LogP contribution in [0.2, 0.25) is 0 Å². The zero-order valence-corrected chi connectivity index (χ0v) is 12.2. The van der Waals surface area contributed by atoms with Crippen molar-refractivity contribution in [2.24, 2.45) is 5.92 Å². The van der Waals surface area contributed by atoms with Gasteiger partial charge < -0.3 is 4.74 Å². The van der Waals surface area contributed by atoms with Gasteiger partial charge in [0, 0.05) is 5.92 Å². The molecule has 0 aliphatic rings. The molecule has 1 atom stereocenters. The molecule has 1 rings (SSSR count). The lowest BCUT2D eigenvalue weighted by atomic mass is 9.90. The topological polar surface area (TPSA) is 26.3 Å². The van der Waals surface area contributed by atoms with Crippen molar-refractivity contribution in [1.82, 2.24) is 0 Å². The second kappa shape index (κ2) is 6.58. The van der Waals surface area contributed by atoms with Crippen molar-refractivity contribution in [1.29, 1.82) is 0 Å². The summed E-state index contributed by atoms with van der Waals surface area (Å²) in [6.07, 6.45) is 3.17. The Morgan fingerprint density at radius 2 is 2.00 bits per heavy atom. The number of carbonyl (C=O) groups is 1. The van der Waals surface area contributed by atoms with Crippen LogP contribution in [-0.2, 0) is 0 Å². The van der Waals surface area contributed by atoms with Crippen molar-refractivity contribution in [2.45, 2.75) is 47.0 Å². The molecule has 0 aromatic heterocycles. The fraction of sp³-hybridized carbons (Fsp3) is 0.562. The molecule has 1 unspecified atom stereocenters. The van der Waals surface area contributed by atoms with E-state index in [1.807, 2.05) is 32.9 Å². The number of benzene rings is 1. The van der Waals surface area contributed by atoms with E-state index in [9.17, 15) is 4.79 Å². The van der Waals surface area contributed by atoms with Crippen LogP contribution in [-0.4, -0.2) is 12.9 Å². The lowest BCUT2D eigenvalue weighted by Crippen LogP contribution is -2.14. The monoisotopic (exact) mass is 248 g/mol. The number of hydrogen-bond donors (Lipinski definition) is 0. The standard InChI is InChI=1S/C16H24O2/c1-6-7-8-12(3)16(17)15-13(4)9-11(2)10-14(15)18-5/h9-10,12H,6-8H2,1-5H3. The molecule has 0 saturated heterocycles. The van der Waals surface area contributed by atoms with Crippen LogP contribution in [0.3, 0.4) is 0 Å². The Kier molecular flexibility index (Phi) is 5.39. The third-order valence-corrected chi connectivity index (χ3v) is 3.35. The molecule has 1 aromatic rings. The third kappa shape index (κ3) is 3.34. The molecular weight excluding hydrogens is 224 g/mol. The van der Waals surface area contributed by atoms with E-state index in [-0.39, 0.29) is 11.7 Å². The fourth-order valence-corrected chi connectivity index (χ4v) is 2.29. The van der Waals surface area contributed by atoms with Crippen molar-refractivity contribution >= 4 is 5.78 Å². The van der Waals surface area contributed by atoms with E-state index in [1.165, 1.54) is 0 Å². The molecule has 18 heavy (non-hydrogen) atoms. The maximum absolute atomic E-state index is 12.5. The van der Waals surface area contributed by atoms with Gasteiger partial charge in [0.25, 0.3) is 0 Å². The van der Waals surface area contributed by atoms with Gasteiger partial charge >= 0.3 is 0 Å². The second-order valence-electron chi connectivity index (χ2n) is 5.07. The Balaban J connectivity index is 3.04. The van der Waals surface area contributed by atoms with Gasteiger partial charge in [0.15, 0.2) is 5.78 Å². The highest BCUT2D eigenvalue weighted by molar-refractivity contribution is 6.01. The summed E-state index contributed by atoms with van der Waals surface area (Å²) >= 11 is 0. The van der Waals surface area contributed by atoms with Crippen LogP contribution in [0.5, 0.6) is 5.75 Å². The van der Waals surface area contributed by atoms with E-state index in [4.69, 9.17) is 4.74 Å². The van der Waals surface area contributed by atoms with E-state index in [1.54, 1.807) is 7.11 Å². The second-order valence-corrected chi connectivity index (χ2v) is 5.07. The van der Waals surface area contributed by atoms with E-state index in [2.05, 4.69) is 6.92 Å². The highest BCUT2D eigenvalue weighted by Crippen LogP contribution is 2.28. The van der Waals surface area contributed by atoms with Crippen LogP contribution in [0.4, 0.5) is 0 Å². The summed E-state index contributed by atoms with van der Waals surface area (Å²) in [5.41, 5.74) is 2.90. The summed E-state index contributed by atoms with van der Waals surface area (Å²) in [6.45, 7) is 8.16. The van der Waals surface area contributed by atoms with Crippen molar-refractivity contribution in [3.8, 4) is 5.75 Å². The van der Waals surface area contributed by atoms with Gasteiger partial charge in [-0.15, -0.1) is 0 Å². The maximum Gasteiger partial charge on any atom is 0.169 e. The first-order valence-electron chi connectivity index (χ1n) is 6.70. The van der Waals surface area contributed by atoms with Crippen molar-refractivity contribution < 1.29 is 9.53 Å². The summed E-state index contributed by atoms with van der Waals surface area (Å²) in [4.78, 5) is 12.5. The van der Waals surface area contributed by atoms with Gasteiger partial charge in [0.1, 0.15) is 5.75 Å². The van der Waals surface area contributed by atoms with Crippen molar-refractivity contribution in [3.05, 3.63) is 28.8 Å². The zero-order chi connectivity index (χ0) is 13.7. The SMILES string of the molecule is CCCCC(C)C(=O)c1c(C)cc(C)cc1OC. The lowest BCUT2D eigenvalue weighted by molar-refractivity contribution is 0.0919. The molecule has 0 aliphatic heterocycles. The number of unbranched alkanes of at least 4 members (excludes halogenated alkanes) is 1. The molecule has 2 nitrogen and oxygen atoms in total. The summed E-state index contributed by atoms with van der Waals surface area (Å²) in [5, 5.41) is 0. The van der Waals surface area contributed by atoms with Crippen molar-refractivity contribution in [2.75, 3.05) is 7.11 Å². The van der Waals surface area contributed by atoms with Crippen LogP contribution in [0.1, 0.15) is 54.6 Å². The van der Waals surface area contributed by atoms with Gasteiger partial charge in [-0.25, -0.2) is 0 Å². The fourth-order valence-electron chi connectivity index (χ4n) is 2.29. The first kappa shape index (κ1) is 14.7. The average molecular weight is 248 g/mol. The Morgan fingerprint density at radius 1 is 1.33 bits per heavy atom. The van der Waals surface area contributed by atoms with Gasteiger partial charge in [0.2, 0.25) is 0 Å². The summed E-state index contributed by atoms with van der Waals surface area (Å²) in [5.74, 6) is 0.985. The molecule has 0 saturated carbocycles. The maximum atomic E-state index is 12.5. The first-order chi connectivity index (χ1) is 8.51. The van der Waals surface area contributed by atoms with Gasteiger partial charge in [-0.05, 0) is 37.5 Å². The predicted octanol–water partition coefficient (Wildman–Crippen LogP) is 4.32. The molecule has 0 radical (unpaired) electrons. The summed E-state index contributed by atoms with van der Waals surface area (Å²) in [6, 6.07) is 3.98. The molecule has 0 fully saturated rings. The van der Waals surface area contributed by atoms with Crippen LogP contribution in [0.15, 0.2) is 12.1 Å². The average Bonchev–Trinajstić information content (AvgIpc) is 2.34. The minimum atomic E-state index is 0.0697. The van der Waals surface area contributed by atoms with Gasteiger partial charge in [-0.2, -0.15) is 0 Å². The predicted molar refractivity (Wildman–Crippen MR) is 75.5 cm³/mol. The zero-order valence-electron chi connectivity index (χ0n) is 12.2. The molecule has 100 valence electrons. The van der Waals surface area contributed by atoms with E-state index in [0.717, 1.165) is 36.0 Å². The van der Waals surface area contributed by atoms with Crippen LogP contribution in [0, 0.1) is 19.8 Å². The molecule has 0 heterocycles. The molecule has 2 heteroatoms. The van der Waals surface area contributed by atoms with Crippen LogP contribution < -0.4 is 4.74 Å². The molecule has 0 N–H and O–H groups in total. The molecule has 0 aliphatic carbocycles. The Hall–Kier alpha value is -1.31. The minimum absolute atomic E-state index is 0.0697. The van der Waals surface area contributed by atoms with Gasteiger partial charge in [-0.1, -0.05) is 32.8 Å². The highest BCUT2D eigenvalue weighted by Gasteiger charge is 2.21. The van der Waals surface area contributed by atoms with Crippen LogP contribution >= 0.6 is 0 Å². The highest BCUT2D eigenvalue weighted by atomic mass is 16.5. The smallest absolute Gasteiger partial charge is 0.169 e. The minimum Gasteiger partial charge on any atom is -0.496 e. The summed E-state index contributed by atoms with van der Waals surface area (Å²) < 4.78 is 5.36. The Labute approximate surface area is 110 Å². The molecule has 0 spiro atoms. The third-order valence-electron chi connectivity index (χ3n) is 3.35. The number of hydrogen-bond acceptors (Lipinski definition) is 2. The number of ketones is 1.